The van der Waals surface area contributed by atoms with E-state index in [2.05, 4.69) is 20.6 Å². The van der Waals surface area contributed by atoms with Crippen molar-refractivity contribution in [3.63, 3.8) is 0 Å². The van der Waals surface area contributed by atoms with E-state index >= 15 is 0 Å². The molecule has 132 valence electrons. The second kappa shape index (κ2) is 6.37. The molecule has 2 heterocycles. The zero-order valence-corrected chi connectivity index (χ0v) is 15.3. The van der Waals surface area contributed by atoms with E-state index < -0.39 is 10.0 Å². The van der Waals surface area contributed by atoms with Gasteiger partial charge in [-0.25, -0.2) is 12.7 Å². The molecule has 0 fully saturated rings. The number of rotatable bonds is 5. The highest BCUT2D eigenvalue weighted by Gasteiger charge is 2.20. The number of hydrogen-bond acceptors (Lipinski definition) is 6. The van der Waals surface area contributed by atoms with Crippen LogP contribution >= 0.6 is 0 Å². The topological polar surface area (TPSA) is 98.8 Å². The van der Waals surface area contributed by atoms with Crippen LogP contribution in [-0.2, 0) is 16.6 Å². The van der Waals surface area contributed by atoms with Crippen molar-refractivity contribution in [3.8, 4) is 5.69 Å². The molecule has 0 N–H and O–H groups in total. The normalized spacial score (nSPS) is 12.0. The Bertz CT molecular complexity index is 984. The van der Waals surface area contributed by atoms with Crippen LogP contribution < -0.4 is 0 Å². The van der Waals surface area contributed by atoms with Crippen molar-refractivity contribution in [1.82, 2.24) is 34.3 Å². The number of aryl methyl sites for hydroxylation is 2. The van der Waals surface area contributed by atoms with Crippen molar-refractivity contribution >= 4 is 10.0 Å². The summed E-state index contributed by atoms with van der Waals surface area (Å²) in [6.45, 7) is 4.23. The summed E-state index contributed by atoms with van der Waals surface area (Å²) in [4.78, 5) is 0.128. The maximum Gasteiger partial charge on any atom is 0.245 e. The van der Waals surface area contributed by atoms with Crippen LogP contribution in [0.25, 0.3) is 5.69 Å². The minimum atomic E-state index is -3.52. The Morgan fingerprint density at radius 1 is 1.16 bits per heavy atom. The first-order chi connectivity index (χ1) is 11.8. The van der Waals surface area contributed by atoms with E-state index in [9.17, 15) is 8.42 Å². The van der Waals surface area contributed by atoms with E-state index in [0.717, 1.165) is 21.1 Å². The van der Waals surface area contributed by atoms with Crippen molar-refractivity contribution in [2.45, 2.75) is 25.3 Å². The molecule has 25 heavy (non-hydrogen) atoms. The van der Waals surface area contributed by atoms with Gasteiger partial charge in [-0.2, -0.15) is 9.78 Å². The molecule has 3 rings (SSSR count). The summed E-state index contributed by atoms with van der Waals surface area (Å²) in [6.07, 6.45) is 2.79. The molecule has 0 aliphatic heterocycles. The molecule has 3 aromatic rings. The smallest absolute Gasteiger partial charge is 0.245 e. The summed E-state index contributed by atoms with van der Waals surface area (Å²) >= 11 is 0. The monoisotopic (exact) mass is 361 g/mol. The van der Waals surface area contributed by atoms with Gasteiger partial charge in [0.05, 0.1) is 11.9 Å². The molecule has 10 heteroatoms. The van der Waals surface area contributed by atoms with Gasteiger partial charge in [0.1, 0.15) is 11.4 Å². The Hall–Kier alpha value is -2.59. The van der Waals surface area contributed by atoms with E-state index in [1.165, 1.54) is 31.2 Å². The van der Waals surface area contributed by atoms with Crippen LogP contribution in [0.15, 0.2) is 35.5 Å². The van der Waals surface area contributed by atoms with Crippen LogP contribution in [0.1, 0.15) is 17.0 Å². The fourth-order valence-electron chi connectivity index (χ4n) is 2.54. The minimum Gasteiger partial charge on any atom is -0.264 e. The van der Waals surface area contributed by atoms with E-state index in [4.69, 9.17) is 0 Å². The molecule has 0 atom stereocenters. The summed E-state index contributed by atoms with van der Waals surface area (Å²) < 4.78 is 28.6. The lowest BCUT2D eigenvalue weighted by molar-refractivity contribution is 0.520. The number of hydrogen-bond donors (Lipinski definition) is 0. The van der Waals surface area contributed by atoms with Crippen molar-refractivity contribution < 1.29 is 8.42 Å². The van der Waals surface area contributed by atoms with E-state index in [1.807, 2.05) is 32.0 Å². The predicted molar refractivity (Wildman–Crippen MR) is 90.8 cm³/mol. The summed E-state index contributed by atoms with van der Waals surface area (Å²) in [7, 11) is -0.558. The van der Waals surface area contributed by atoms with Crippen molar-refractivity contribution in [2.24, 2.45) is 0 Å². The third-order valence-corrected chi connectivity index (χ3v) is 5.64. The molecule has 0 unspecified atom stereocenters. The van der Waals surface area contributed by atoms with Gasteiger partial charge in [0, 0.05) is 20.3 Å². The summed E-state index contributed by atoms with van der Waals surface area (Å²) in [5.41, 5.74) is 3.01. The molecule has 0 radical (unpaired) electrons. The number of sulfonamides is 1. The van der Waals surface area contributed by atoms with E-state index in [0.29, 0.717) is 5.82 Å². The van der Waals surface area contributed by atoms with Gasteiger partial charge < -0.3 is 0 Å². The first-order valence-corrected chi connectivity index (χ1v) is 9.03. The summed E-state index contributed by atoms with van der Waals surface area (Å²) in [5.74, 6) is 0.564. The maximum atomic E-state index is 12.2. The molecular formula is C15H19N7O2S. The van der Waals surface area contributed by atoms with Gasteiger partial charge in [-0.05, 0) is 35.4 Å². The highest BCUT2D eigenvalue weighted by atomic mass is 32.2. The Balaban J connectivity index is 1.95. The third-order valence-electron chi connectivity index (χ3n) is 3.88. The Labute approximate surface area is 145 Å². The van der Waals surface area contributed by atoms with Gasteiger partial charge in [-0.3, -0.25) is 4.68 Å². The third kappa shape index (κ3) is 3.17. The number of para-hydroxylation sites is 1. The lowest BCUT2D eigenvalue weighted by Gasteiger charge is -2.11. The maximum absolute atomic E-state index is 12.2. The van der Waals surface area contributed by atoms with E-state index in [1.54, 1.807) is 4.68 Å². The SMILES string of the molecule is Cc1cccc(C)c1-n1nnnc1Cn1cc(S(=O)(=O)N(C)C)cn1. The molecule has 0 aliphatic rings. The fraction of sp³-hybridized carbons (Fsp3) is 0.333. The molecule has 0 bridgehead atoms. The summed E-state index contributed by atoms with van der Waals surface area (Å²) in [5, 5.41) is 16.0. The highest BCUT2D eigenvalue weighted by Crippen LogP contribution is 2.19. The second-order valence-corrected chi connectivity index (χ2v) is 8.06. The van der Waals surface area contributed by atoms with Crippen LogP contribution in [0.2, 0.25) is 0 Å². The van der Waals surface area contributed by atoms with E-state index in [-0.39, 0.29) is 11.4 Å². The molecular weight excluding hydrogens is 342 g/mol. The number of benzene rings is 1. The molecule has 1 aromatic carbocycles. The van der Waals surface area contributed by atoms with Gasteiger partial charge in [0.2, 0.25) is 10.0 Å². The van der Waals surface area contributed by atoms with Crippen molar-refractivity contribution in [3.05, 3.63) is 47.5 Å². The Morgan fingerprint density at radius 2 is 1.84 bits per heavy atom. The average molecular weight is 361 g/mol. The molecule has 0 saturated heterocycles. The van der Waals surface area contributed by atoms with Gasteiger partial charge in [0.25, 0.3) is 0 Å². The second-order valence-electron chi connectivity index (χ2n) is 5.91. The lowest BCUT2D eigenvalue weighted by Crippen LogP contribution is -2.21. The minimum absolute atomic E-state index is 0.128. The quantitative estimate of drug-likeness (QED) is 0.666. The lowest BCUT2D eigenvalue weighted by atomic mass is 10.1. The van der Waals surface area contributed by atoms with Crippen LogP contribution in [-0.4, -0.2) is 56.8 Å². The first-order valence-electron chi connectivity index (χ1n) is 7.59. The zero-order chi connectivity index (χ0) is 18.2. The molecule has 0 saturated carbocycles. The van der Waals surface area contributed by atoms with Crippen LogP contribution in [0.5, 0.6) is 0 Å². The molecule has 0 amide bonds. The molecule has 0 spiro atoms. The average Bonchev–Trinajstić information content (AvgIpc) is 3.18. The predicted octanol–water partition coefficient (Wildman–Crippen LogP) is 0.774. The van der Waals surface area contributed by atoms with Gasteiger partial charge >= 0.3 is 0 Å². The van der Waals surface area contributed by atoms with Crippen LogP contribution in [0.3, 0.4) is 0 Å². The van der Waals surface area contributed by atoms with Crippen LogP contribution in [0, 0.1) is 13.8 Å². The van der Waals surface area contributed by atoms with Crippen molar-refractivity contribution in [2.75, 3.05) is 14.1 Å². The van der Waals surface area contributed by atoms with Gasteiger partial charge in [0.15, 0.2) is 5.82 Å². The number of aromatic nitrogens is 6. The van der Waals surface area contributed by atoms with Gasteiger partial charge in [-0.15, -0.1) is 5.10 Å². The highest BCUT2D eigenvalue weighted by molar-refractivity contribution is 7.89. The zero-order valence-electron chi connectivity index (χ0n) is 14.4. The first kappa shape index (κ1) is 17.2. The Morgan fingerprint density at radius 3 is 2.48 bits per heavy atom. The molecule has 0 aliphatic carbocycles. The molecule has 9 nitrogen and oxygen atoms in total. The molecule has 2 aromatic heterocycles. The summed E-state index contributed by atoms with van der Waals surface area (Å²) in [6, 6.07) is 5.96. The number of tetrazole rings is 1. The standard InChI is InChI=1S/C15H19N7O2S/c1-11-6-5-7-12(2)15(11)22-14(17-18-19-22)10-21-9-13(8-16-21)25(23,24)20(3)4/h5-9H,10H2,1-4H3. The fourth-order valence-corrected chi connectivity index (χ4v) is 3.39. The number of nitrogens with zero attached hydrogens (tertiary/aromatic N) is 7. The Kier molecular flexibility index (Phi) is 4.39. The van der Waals surface area contributed by atoms with Crippen molar-refractivity contribution in [1.29, 1.82) is 0 Å². The van der Waals surface area contributed by atoms with Gasteiger partial charge in [-0.1, -0.05) is 18.2 Å². The largest absolute Gasteiger partial charge is 0.264 e. The van der Waals surface area contributed by atoms with Crippen LogP contribution in [0.4, 0.5) is 0 Å².